The van der Waals surface area contributed by atoms with Crippen molar-refractivity contribution in [3.8, 4) is 0 Å². The van der Waals surface area contributed by atoms with Crippen molar-refractivity contribution in [1.29, 1.82) is 0 Å². The SMILES string of the molecule is CC(=O)c1ccc2[nH]c(=O)c3cnc(N4CCCCCC4)n3c2c1. The molecule has 2 aromatic heterocycles. The average Bonchev–Trinajstić information content (AvgIpc) is 2.84. The Hall–Kier alpha value is -2.63. The van der Waals surface area contributed by atoms with Gasteiger partial charge in [-0.2, -0.15) is 0 Å². The summed E-state index contributed by atoms with van der Waals surface area (Å²) in [5, 5.41) is 0. The van der Waals surface area contributed by atoms with Crippen LogP contribution in [0.1, 0.15) is 43.0 Å². The summed E-state index contributed by atoms with van der Waals surface area (Å²) >= 11 is 0. The number of nitrogens with one attached hydrogen (secondary N) is 1. The van der Waals surface area contributed by atoms with Crippen molar-refractivity contribution in [1.82, 2.24) is 14.4 Å². The number of carbonyl (C=O) groups is 1. The summed E-state index contributed by atoms with van der Waals surface area (Å²) in [5.74, 6) is 0.802. The lowest BCUT2D eigenvalue weighted by molar-refractivity contribution is 0.101. The third-order valence-corrected chi connectivity index (χ3v) is 4.76. The van der Waals surface area contributed by atoms with E-state index in [1.807, 2.05) is 10.5 Å². The molecule has 3 aromatic rings. The molecule has 0 bridgehead atoms. The number of aromatic amines is 1. The van der Waals surface area contributed by atoms with Crippen LogP contribution < -0.4 is 10.5 Å². The van der Waals surface area contributed by atoms with Gasteiger partial charge < -0.3 is 9.88 Å². The van der Waals surface area contributed by atoms with E-state index in [-0.39, 0.29) is 11.3 Å². The first kappa shape index (κ1) is 14.9. The van der Waals surface area contributed by atoms with Crippen LogP contribution in [0.5, 0.6) is 0 Å². The van der Waals surface area contributed by atoms with Crippen molar-refractivity contribution >= 4 is 28.3 Å². The highest BCUT2D eigenvalue weighted by atomic mass is 16.1. The summed E-state index contributed by atoms with van der Waals surface area (Å²) in [4.78, 5) is 33.8. The van der Waals surface area contributed by atoms with Crippen molar-refractivity contribution in [3.05, 3.63) is 40.3 Å². The normalized spacial score (nSPS) is 15.8. The van der Waals surface area contributed by atoms with Gasteiger partial charge in [-0.1, -0.05) is 12.8 Å². The zero-order valence-electron chi connectivity index (χ0n) is 13.7. The Morgan fingerprint density at radius 3 is 2.58 bits per heavy atom. The molecule has 0 unspecified atom stereocenters. The van der Waals surface area contributed by atoms with Crippen LogP contribution in [0.15, 0.2) is 29.2 Å². The second-order valence-electron chi connectivity index (χ2n) is 6.42. The molecule has 0 saturated carbocycles. The van der Waals surface area contributed by atoms with Crippen LogP contribution in [0.4, 0.5) is 5.95 Å². The van der Waals surface area contributed by atoms with E-state index in [9.17, 15) is 9.59 Å². The van der Waals surface area contributed by atoms with Gasteiger partial charge in [0.05, 0.1) is 17.2 Å². The fraction of sp³-hybridized carbons (Fsp3) is 0.389. The molecular weight excluding hydrogens is 304 g/mol. The van der Waals surface area contributed by atoms with E-state index in [4.69, 9.17) is 0 Å². The van der Waals surface area contributed by atoms with Gasteiger partial charge in [0.2, 0.25) is 5.95 Å². The standard InChI is InChI=1S/C18H20N4O2/c1-12(23)13-6-7-14-15(10-13)22-16(17(24)20-14)11-19-18(22)21-8-4-2-3-5-9-21/h6-7,10-11H,2-5,8-9H2,1H3,(H,20,24). The minimum atomic E-state index is -0.161. The molecule has 1 N–H and O–H groups in total. The van der Waals surface area contributed by atoms with E-state index < -0.39 is 0 Å². The second-order valence-corrected chi connectivity index (χ2v) is 6.42. The third-order valence-electron chi connectivity index (χ3n) is 4.76. The average molecular weight is 324 g/mol. The Morgan fingerprint density at radius 2 is 1.88 bits per heavy atom. The fourth-order valence-corrected chi connectivity index (χ4v) is 3.46. The molecule has 6 nitrogen and oxygen atoms in total. The number of aromatic nitrogens is 3. The first-order valence-electron chi connectivity index (χ1n) is 8.44. The number of ketones is 1. The summed E-state index contributed by atoms with van der Waals surface area (Å²) in [5.41, 5.74) is 2.51. The van der Waals surface area contributed by atoms with E-state index in [1.54, 1.807) is 25.3 Å². The third kappa shape index (κ3) is 2.38. The van der Waals surface area contributed by atoms with Crippen molar-refractivity contribution in [2.75, 3.05) is 18.0 Å². The molecule has 1 saturated heterocycles. The molecule has 0 spiro atoms. The molecule has 0 amide bonds. The van der Waals surface area contributed by atoms with Crippen LogP contribution >= 0.6 is 0 Å². The monoisotopic (exact) mass is 324 g/mol. The van der Waals surface area contributed by atoms with Crippen LogP contribution in [-0.2, 0) is 0 Å². The number of Topliss-reactive ketones (excluding diaryl/α,β-unsaturated/α-hetero) is 1. The minimum absolute atomic E-state index is 0.00712. The number of nitrogens with zero attached hydrogens (tertiary/aromatic N) is 3. The van der Waals surface area contributed by atoms with Gasteiger partial charge in [0, 0.05) is 18.7 Å². The summed E-state index contributed by atoms with van der Waals surface area (Å²) in [6.07, 6.45) is 6.35. The Labute approximate surface area is 139 Å². The highest BCUT2D eigenvalue weighted by Crippen LogP contribution is 2.23. The number of fused-ring (bicyclic) bond motifs is 3. The van der Waals surface area contributed by atoms with Crippen molar-refractivity contribution < 1.29 is 4.79 Å². The summed E-state index contributed by atoms with van der Waals surface area (Å²) in [6, 6.07) is 5.37. The molecule has 3 heterocycles. The molecule has 0 aliphatic carbocycles. The number of H-pyrrole nitrogens is 1. The molecular formula is C18H20N4O2. The Bertz CT molecular complexity index is 978. The zero-order valence-corrected chi connectivity index (χ0v) is 13.7. The quantitative estimate of drug-likeness (QED) is 0.736. The Morgan fingerprint density at radius 1 is 1.12 bits per heavy atom. The van der Waals surface area contributed by atoms with Gasteiger partial charge in [0.15, 0.2) is 5.78 Å². The van der Waals surface area contributed by atoms with E-state index in [2.05, 4.69) is 14.9 Å². The second kappa shape index (κ2) is 5.78. The Kier molecular flexibility index (Phi) is 3.59. The molecule has 24 heavy (non-hydrogen) atoms. The topological polar surface area (TPSA) is 70.5 Å². The highest BCUT2D eigenvalue weighted by molar-refractivity contribution is 5.97. The molecule has 1 aliphatic rings. The fourth-order valence-electron chi connectivity index (χ4n) is 3.46. The van der Waals surface area contributed by atoms with Crippen molar-refractivity contribution in [3.63, 3.8) is 0 Å². The summed E-state index contributed by atoms with van der Waals surface area (Å²) < 4.78 is 1.89. The molecule has 1 aliphatic heterocycles. The lowest BCUT2D eigenvalue weighted by Gasteiger charge is -2.21. The minimum Gasteiger partial charge on any atom is -0.342 e. The molecule has 1 fully saturated rings. The van der Waals surface area contributed by atoms with E-state index in [1.165, 1.54) is 12.8 Å². The number of imidazole rings is 1. The van der Waals surface area contributed by atoms with E-state index >= 15 is 0 Å². The van der Waals surface area contributed by atoms with Crippen LogP contribution in [-0.4, -0.2) is 33.2 Å². The zero-order chi connectivity index (χ0) is 16.7. The molecule has 4 rings (SSSR count). The van der Waals surface area contributed by atoms with Crippen molar-refractivity contribution in [2.45, 2.75) is 32.6 Å². The number of carbonyl (C=O) groups excluding carboxylic acids is 1. The van der Waals surface area contributed by atoms with Gasteiger partial charge in [-0.25, -0.2) is 4.98 Å². The largest absolute Gasteiger partial charge is 0.342 e. The first-order chi connectivity index (χ1) is 11.6. The summed E-state index contributed by atoms with van der Waals surface area (Å²) in [6.45, 7) is 3.44. The maximum Gasteiger partial charge on any atom is 0.274 e. The number of anilines is 1. The van der Waals surface area contributed by atoms with Gasteiger partial charge in [0.1, 0.15) is 5.52 Å². The molecule has 124 valence electrons. The van der Waals surface area contributed by atoms with Gasteiger partial charge >= 0.3 is 0 Å². The van der Waals surface area contributed by atoms with Crippen LogP contribution in [0.25, 0.3) is 16.6 Å². The lowest BCUT2D eigenvalue weighted by Crippen LogP contribution is -2.26. The van der Waals surface area contributed by atoms with Crippen LogP contribution in [0.2, 0.25) is 0 Å². The maximum atomic E-state index is 12.4. The van der Waals surface area contributed by atoms with Crippen LogP contribution in [0, 0.1) is 0 Å². The Balaban J connectivity index is 2.00. The predicted octanol–water partition coefficient (Wildman–Crippen LogP) is 2.76. The molecule has 0 radical (unpaired) electrons. The van der Waals surface area contributed by atoms with Gasteiger partial charge in [0.25, 0.3) is 5.56 Å². The number of benzene rings is 1. The molecule has 6 heteroatoms. The molecule has 0 atom stereocenters. The van der Waals surface area contributed by atoms with E-state index in [0.29, 0.717) is 16.6 Å². The van der Waals surface area contributed by atoms with Gasteiger partial charge in [-0.05, 0) is 38.0 Å². The van der Waals surface area contributed by atoms with E-state index in [0.717, 1.165) is 37.4 Å². The number of hydrogen-bond acceptors (Lipinski definition) is 4. The van der Waals surface area contributed by atoms with Gasteiger partial charge in [-0.15, -0.1) is 0 Å². The lowest BCUT2D eigenvalue weighted by atomic mass is 10.1. The first-order valence-corrected chi connectivity index (χ1v) is 8.44. The number of hydrogen-bond donors (Lipinski definition) is 1. The maximum absolute atomic E-state index is 12.4. The highest BCUT2D eigenvalue weighted by Gasteiger charge is 2.18. The smallest absolute Gasteiger partial charge is 0.274 e. The molecule has 1 aromatic carbocycles. The predicted molar refractivity (Wildman–Crippen MR) is 94.0 cm³/mol. The summed E-state index contributed by atoms with van der Waals surface area (Å²) in [7, 11) is 0. The van der Waals surface area contributed by atoms with Gasteiger partial charge in [-0.3, -0.25) is 14.0 Å². The van der Waals surface area contributed by atoms with Crippen LogP contribution in [0.3, 0.4) is 0 Å². The van der Waals surface area contributed by atoms with Crippen molar-refractivity contribution in [2.24, 2.45) is 0 Å². The number of rotatable bonds is 2.